The number of carbonyl (C=O) groups is 1. The van der Waals surface area contributed by atoms with Crippen molar-refractivity contribution in [3.63, 3.8) is 0 Å². The van der Waals surface area contributed by atoms with Crippen LogP contribution < -0.4 is 14.8 Å². The first-order valence-corrected chi connectivity index (χ1v) is 7.42. The molecule has 1 aromatic heterocycles. The largest absolute Gasteiger partial charge is 0.493 e. The summed E-state index contributed by atoms with van der Waals surface area (Å²) in [4.78, 5) is 15.0. The topological polar surface area (TPSA) is 80.7 Å². The van der Waals surface area contributed by atoms with Gasteiger partial charge in [0.2, 0.25) is 5.88 Å². The minimum Gasteiger partial charge on any atom is -0.493 e. The maximum Gasteiger partial charge on any atom is 0.405 e. The van der Waals surface area contributed by atoms with Crippen LogP contribution in [-0.4, -0.2) is 29.9 Å². The lowest BCUT2D eigenvalue weighted by atomic mass is 9.97. The number of halogens is 1. The lowest BCUT2D eigenvalue weighted by Crippen LogP contribution is -2.30. The quantitative estimate of drug-likeness (QED) is 0.897. The van der Waals surface area contributed by atoms with Gasteiger partial charge in [0.05, 0.1) is 19.8 Å². The van der Waals surface area contributed by atoms with Gasteiger partial charge in [-0.1, -0.05) is 23.7 Å². The summed E-state index contributed by atoms with van der Waals surface area (Å²) >= 11 is 6.11. The van der Waals surface area contributed by atoms with Crippen molar-refractivity contribution in [2.45, 2.75) is 12.5 Å². The van der Waals surface area contributed by atoms with Crippen molar-refractivity contribution in [2.75, 3.05) is 13.7 Å². The molecule has 2 N–H and O–H groups in total. The molecular formula is C16H15ClN2O4. The Hall–Kier alpha value is -2.47. The van der Waals surface area contributed by atoms with Crippen LogP contribution in [0.5, 0.6) is 11.6 Å². The van der Waals surface area contributed by atoms with Crippen molar-refractivity contribution >= 4 is 17.7 Å². The van der Waals surface area contributed by atoms with Crippen LogP contribution >= 0.6 is 11.6 Å². The van der Waals surface area contributed by atoms with E-state index in [1.165, 1.54) is 7.11 Å². The predicted octanol–water partition coefficient (Wildman–Crippen LogP) is 3.50. The highest BCUT2D eigenvalue weighted by molar-refractivity contribution is 6.32. The van der Waals surface area contributed by atoms with E-state index in [4.69, 9.17) is 26.2 Å². The Morgan fingerprint density at radius 2 is 2.26 bits per heavy atom. The summed E-state index contributed by atoms with van der Waals surface area (Å²) in [6.45, 7) is 0.461. The molecule has 120 valence electrons. The zero-order valence-corrected chi connectivity index (χ0v) is 13.1. The third kappa shape index (κ3) is 3.17. The van der Waals surface area contributed by atoms with Gasteiger partial charge in [-0.3, -0.25) is 0 Å². The Labute approximate surface area is 138 Å². The van der Waals surface area contributed by atoms with E-state index < -0.39 is 6.09 Å². The van der Waals surface area contributed by atoms with Gasteiger partial charge in [-0.2, -0.15) is 0 Å². The second-order valence-corrected chi connectivity index (χ2v) is 5.51. The summed E-state index contributed by atoms with van der Waals surface area (Å²) in [5, 5.41) is 11.9. The first-order valence-electron chi connectivity index (χ1n) is 7.04. The number of carboxylic acid groups (broad SMARTS) is 1. The molecule has 0 spiro atoms. The summed E-state index contributed by atoms with van der Waals surface area (Å²) in [6, 6.07) is 7.13. The number of aromatic nitrogens is 1. The normalized spacial score (nSPS) is 16.2. The van der Waals surface area contributed by atoms with Gasteiger partial charge in [-0.25, -0.2) is 9.78 Å². The van der Waals surface area contributed by atoms with E-state index in [1.807, 2.05) is 18.2 Å². The van der Waals surface area contributed by atoms with Crippen molar-refractivity contribution in [3.05, 3.63) is 41.0 Å². The second kappa shape index (κ2) is 6.34. The SMILES string of the molecule is COc1ncc(-c2ccc3c(c2)OCCC3NC(=O)O)cc1Cl. The first-order chi connectivity index (χ1) is 11.1. The van der Waals surface area contributed by atoms with Crippen LogP contribution in [0.25, 0.3) is 11.1 Å². The van der Waals surface area contributed by atoms with Crippen LogP contribution in [-0.2, 0) is 0 Å². The van der Waals surface area contributed by atoms with Crippen molar-refractivity contribution in [2.24, 2.45) is 0 Å². The average molecular weight is 335 g/mol. The van der Waals surface area contributed by atoms with E-state index in [0.717, 1.165) is 16.7 Å². The Morgan fingerprint density at radius 1 is 1.43 bits per heavy atom. The fourth-order valence-corrected chi connectivity index (χ4v) is 2.84. The van der Waals surface area contributed by atoms with Crippen LogP contribution in [0.15, 0.2) is 30.5 Å². The van der Waals surface area contributed by atoms with Crippen molar-refractivity contribution in [1.29, 1.82) is 0 Å². The van der Waals surface area contributed by atoms with Crippen molar-refractivity contribution < 1.29 is 19.4 Å². The minimum atomic E-state index is -1.04. The van der Waals surface area contributed by atoms with Crippen molar-refractivity contribution in [3.8, 4) is 22.8 Å². The van der Waals surface area contributed by atoms with Gasteiger partial charge in [-0.15, -0.1) is 0 Å². The highest BCUT2D eigenvalue weighted by Crippen LogP contribution is 2.36. The zero-order chi connectivity index (χ0) is 16.4. The van der Waals surface area contributed by atoms with E-state index in [2.05, 4.69) is 10.3 Å². The number of pyridine rings is 1. The van der Waals surface area contributed by atoms with E-state index in [1.54, 1.807) is 12.3 Å². The fraction of sp³-hybridized carbons (Fsp3) is 0.250. The lowest BCUT2D eigenvalue weighted by Gasteiger charge is -2.26. The molecule has 7 heteroatoms. The van der Waals surface area contributed by atoms with Crippen LogP contribution in [0.3, 0.4) is 0 Å². The fourth-order valence-electron chi connectivity index (χ4n) is 2.60. The number of methoxy groups -OCH3 is 1. The number of amides is 1. The maximum absolute atomic E-state index is 10.9. The van der Waals surface area contributed by atoms with Gasteiger partial charge in [0.15, 0.2) is 0 Å². The third-order valence-electron chi connectivity index (χ3n) is 3.68. The van der Waals surface area contributed by atoms with Crippen LogP contribution in [0.4, 0.5) is 4.79 Å². The first kappa shape index (κ1) is 15.4. The van der Waals surface area contributed by atoms with Gasteiger partial charge in [0.1, 0.15) is 10.8 Å². The van der Waals surface area contributed by atoms with Gasteiger partial charge in [0, 0.05) is 23.7 Å². The smallest absolute Gasteiger partial charge is 0.405 e. The summed E-state index contributed by atoms with van der Waals surface area (Å²) in [6.07, 6.45) is 1.23. The van der Waals surface area contributed by atoms with E-state index in [0.29, 0.717) is 29.7 Å². The average Bonchev–Trinajstić information content (AvgIpc) is 2.54. The second-order valence-electron chi connectivity index (χ2n) is 5.11. The molecular weight excluding hydrogens is 320 g/mol. The number of nitrogens with one attached hydrogen (secondary N) is 1. The molecule has 0 radical (unpaired) electrons. The van der Waals surface area contributed by atoms with Gasteiger partial charge in [-0.05, 0) is 17.7 Å². The molecule has 1 atom stereocenters. The molecule has 2 aromatic rings. The Bertz CT molecular complexity index is 751. The molecule has 0 aliphatic carbocycles. The molecule has 0 saturated heterocycles. The number of fused-ring (bicyclic) bond motifs is 1. The summed E-state index contributed by atoms with van der Waals surface area (Å²) in [5.74, 6) is 1.04. The Balaban J connectivity index is 1.94. The molecule has 23 heavy (non-hydrogen) atoms. The van der Waals surface area contributed by atoms with Gasteiger partial charge in [0.25, 0.3) is 0 Å². The molecule has 1 amide bonds. The zero-order valence-electron chi connectivity index (χ0n) is 12.4. The highest BCUT2D eigenvalue weighted by Gasteiger charge is 2.23. The van der Waals surface area contributed by atoms with E-state index >= 15 is 0 Å². The minimum absolute atomic E-state index is 0.261. The molecule has 6 nitrogen and oxygen atoms in total. The number of hydrogen-bond acceptors (Lipinski definition) is 4. The molecule has 1 unspecified atom stereocenters. The number of benzene rings is 1. The predicted molar refractivity (Wildman–Crippen MR) is 85.2 cm³/mol. The molecule has 1 aliphatic rings. The lowest BCUT2D eigenvalue weighted by molar-refractivity contribution is 0.182. The number of ether oxygens (including phenoxy) is 2. The molecule has 0 fully saturated rings. The van der Waals surface area contributed by atoms with Crippen LogP contribution in [0.2, 0.25) is 5.02 Å². The molecule has 1 aliphatic heterocycles. The van der Waals surface area contributed by atoms with Gasteiger partial charge >= 0.3 is 6.09 Å². The molecule has 2 heterocycles. The molecule has 0 saturated carbocycles. The maximum atomic E-state index is 10.9. The molecule has 0 bridgehead atoms. The third-order valence-corrected chi connectivity index (χ3v) is 3.96. The van der Waals surface area contributed by atoms with E-state index in [-0.39, 0.29) is 6.04 Å². The number of nitrogens with zero attached hydrogens (tertiary/aromatic N) is 1. The van der Waals surface area contributed by atoms with Crippen LogP contribution in [0, 0.1) is 0 Å². The highest BCUT2D eigenvalue weighted by atomic mass is 35.5. The van der Waals surface area contributed by atoms with Crippen molar-refractivity contribution in [1.82, 2.24) is 10.3 Å². The van der Waals surface area contributed by atoms with Crippen LogP contribution in [0.1, 0.15) is 18.0 Å². The monoisotopic (exact) mass is 334 g/mol. The summed E-state index contributed by atoms with van der Waals surface area (Å²) < 4.78 is 10.7. The summed E-state index contributed by atoms with van der Waals surface area (Å²) in [7, 11) is 1.51. The standard InChI is InChI=1S/C16H15ClN2O4/c1-22-15-12(17)6-10(8-18-15)9-2-3-11-13(19-16(20)21)4-5-23-14(11)7-9/h2-3,6-8,13,19H,4-5H2,1H3,(H,20,21). The Kier molecular flexibility index (Phi) is 4.25. The molecule has 3 rings (SSSR count). The van der Waals surface area contributed by atoms with E-state index in [9.17, 15) is 4.79 Å². The molecule has 1 aromatic carbocycles. The number of hydrogen-bond donors (Lipinski definition) is 2. The number of rotatable bonds is 3. The summed E-state index contributed by atoms with van der Waals surface area (Å²) in [5.41, 5.74) is 2.54. The Morgan fingerprint density at radius 3 is 2.96 bits per heavy atom. The van der Waals surface area contributed by atoms with Gasteiger partial charge < -0.3 is 19.9 Å².